The Morgan fingerprint density at radius 3 is 1.79 bits per heavy atom. The second-order valence-corrected chi connectivity index (χ2v) is 6.04. The molecule has 0 bridgehead atoms. The molecule has 19 heavy (non-hydrogen) atoms. The third-order valence-corrected chi connectivity index (χ3v) is 4.42. The molecule has 0 atom stereocenters. The maximum Gasteiger partial charge on any atom is 0.0613 e. The lowest BCUT2D eigenvalue weighted by atomic mass is 9.86. The van der Waals surface area contributed by atoms with Gasteiger partial charge in [-0.15, -0.1) is 0 Å². The summed E-state index contributed by atoms with van der Waals surface area (Å²) in [5.41, 5.74) is -0.0578. The van der Waals surface area contributed by atoms with Crippen molar-refractivity contribution in [1.29, 1.82) is 0 Å². The summed E-state index contributed by atoms with van der Waals surface area (Å²) in [5.74, 6) is 0. The van der Waals surface area contributed by atoms with Crippen LogP contribution in [0.4, 0.5) is 0 Å². The Morgan fingerprint density at radius 1 is 0.895 bits per heavy atom. The number of rotatable bonds is 5. The predicted molar refractivity (Wildman–Crippen MR) is 80.5 cm³/mol. The summed E-state index contributed by atoms with van der Waals surface area (Å²) in [7, 11) is 1.73. The van der Waals surface area contributed by atoms with Crippen LogP contribution in [0, 0.1) is 0 Å². The first kappa shape index (κ1) is 16.9. The molecule has 1 aliphatic carbocycles. The topological polar surface area (TPSA) is 41.5 Å². The largest absolute Gasteiger partial charge is 0.394 e. The molecule has 0 spiro atoms. The maximum atomic E-state index is 9.84. The normalized spacial score (nSPS) is 22.4. The second kappa shape index (κ2) is 10.6. The van der Waals surface area contributed by atoms with Crippen molar-refractivity contribution in [3.8, 4) is 0 Å². The highest BCUT2D eigenvalue weighted by Gasteiger charge is 2.27. The van der Waals surface area contributed by atoms with Gasteiger partial charge in [0.2, 0.25) is 0 Å². The van der Waals surface area contributed by atoms with Gasteiger partial charge in [0.25, 0.3) is 0 Å². The average Bonchev–Trinajstić information content (AvgIpc) is 2.42. The van der Waals surface area contributed by atoms with E-state index in [1.807, 2.05) is 0 Å². The van der Waals surface area contributed by atoms with Crippen LogP contribution in [-0.2, 0) is 4.74 Å². The zero-order valence-electron chi connectivity index (χ0n) is 12.8. The highest BCUT2D eigenvalue weighted by Crippen LogP contribution is 2.24. The highest BCUT2D eigenvalue weighted by molar-refractivity contribution is 4.87. The van der Waals surface area contributed by atoms with Crippen molar-refractivity contribution in [2.75, 3.05) is 26.9 Å². The van der Waals surface area contributed by atoms with Gasteiger partial charge in [0.15, 0.2) is 0 Å². The Labute approximate surface area is 119 Å². The molecule has 0 aromatic rings. The molecule has 2 N–H and O–H groups in total. The quantitative estimate of drug-likeness (QED) is 0.754. The molecule has 0 heterocycles. The summed E-state index contributed by atoms with van der Waals surface area (Å²) in [6.07, 6.45) is 14.2. The lowest BCUT2D eigenvalue weighted by Crippen LogP contribution is -2.49. The van der Waals surface area contributed by atoms with Crippen LogP contribution in [0.5, 0.6) is 0 Å². The summed E-state index contributed by atoms with van der Waals surface area (Å²) >= 11 is 0. The lowest BCUT2D eigenvalue weighted by molar-refractivity contribution is 0.119. The van der Waals surface area contributed by atoms with E-state index < -0.39 is 0 Å². The van der Waals surface area contributed by atoms with Crippen LogP contribution < -0.4 is 5.32 Å². The maximum absolute atomic E-state index is 9.84. The first-order valence-electron chi connectivity index (χ1n) is 8.18. The zero-order chi connectivity index (χ0) is 13.8. The summed E-state index contributed by atoms with van der Waals surface area (Å²) in [6.45, 7) is 1.83. The van der Waals surface area contributed by atoms with Crippen molar-refractivity contribution in [1.82, 2.24) is 5.32 Å². The second-order valence-electron chi connectivity index (χ2n) is 6.04. The van der Waals surface area contributed by atoms with Gasteiger partial charge in [0.05, 0.1) is 13.2 Å². The molecule has 0 unspecified atom stereocenters. The first-order chi connectivity index (χ1) is 9.33. The van der Waals surface area contributed by atoms with Crippen LogP contribution in [0.15, 0.2) is 0 Å². The number of hydrogen-bond acceptors (Lipinski definition) is 3. The number of methoxy groups -OCH3 is 1. The number of nitrogens with one attached hydrogen (secondary N) is 1. The van der Waals surface area contributed by atoms with Crippen LogP contribution in [0.3, 0.4) is 0 Å². The number of aliphatic hydroxyl groups excluding tert-OH is 1. The molecule has 1 saturated carbocycles. The Morgan fingerprint density at radius 2 is 1.37 bits per heavy atom. The van der Waals surface area contributed by atoms with Crippen molar-refractivity contribution < 1.29 is 9.84 Å². The minimum atomic E-state index is -0.0578. The Hall–Kier alpha value is -0.120. The summed E-state index contributed by atoms with van der Waals surface area (Å²) < 4.78 is 5.12. The minimum absolute atomic E-state index is 0.0578. The molecule has 3 heteroatoms. The summed E-state index contributed by atoms with van der Waals surface area (Å²) in [5, 5.41) is 13.4. The summed E-state index contributed by atoms with van der Waals surface area (Å²) in [4.78, 5) is 0. The Kier molecular flexibility index (Phi) is 9.48. The molecular formula is C16H33NO2. The fourth-order valence-electron chi connectivity index (χ4n) is 3.10. The third-order valence-electron chi connectivity index (χ3n) is 4.42. The monoisotopic (exact) mass is 271 g/mol. The van der Waals surface area contributed by atoms with Gasteiger partial charge >= 0.3 is 0 Å². The van der Waals surface area contributed by atoms with Gasteiger partial charge in [0.1, 0.15) is 0 Å². The van der Waals surface area contributed by atoms with E-state index >= 15 is 0 Å². The molecule has 0 aliphatic heterocycles. The van der Waals surface area contributed by atoms with Crippen LogP contribution in [0.2, 0.25) is 0 Å². The lowest BCUT2D eigenvalue weighted by Gasteiger charge is -2.34. The van der Waals surface area contributed by atoms with Gasteiger partial charge in [-0.05, 0) is 12.8 Å². The average molecular weight is 271 g/mol. The standard InChI is InChI=1S/C16H33NO2/c1-19-14-13-17-16(15-18)11-9-7-5-3-2-4-6-8-10-12-16/h17-18H,2-15H2,1H3. The van der Waals surface area contributed by atoms with E-state index in [1.54, 1.807) is 7.11 Å². The molecule has 114 valence electrons. The van der Waals surface area contributed by atoms with E-state index in [2.05, 4.69) is 5.32 Å². The highest BCUT2D eigenvalue weighted by atomic mass is 16.5. The SMILES string of the molecule is COCCNC1(CO)CCCCCCCCCCC1. The molecule has 0 aromatic heterocycles. The zero-order valence-corrected chi connectivity index (χ0v) is 12.8. The molecule has 0 aromatic carbocycles. The van der Waals surface area contributed by atoms with E-state index in [-0.39, 0.29) is 12.1 Å². The predicted octanol–water partition coefficient (Wildman–Crippen LogP) is 3.26. The molecule has 1 aliphatic rings. The Balaban J connectivity index is 2.45. The van der Waals surface area contributed by atoms with E-state index in [0.29, 0.717) is 0 Å². The van der Waals surface area contributed by atoms with Gasteiger partial charge in [0, 0.05) is 19.2 Å². The van der Waals surface area contributed by atoms with Gasteiger partial charge in [-0.1, -0.05) is 57.8 Å². The van der Waals surface area contributed by atoms with E-state index in [4.69, 9.17) is 4.74 Å². The Bertz CT molecular complexity index is 197. The van der Waals surface area contributed by atoms with Crippen molar-refractivity contribution in [3.05, 3.63) is 0 Å². The third kappa shape index (κ3) is 7.28. The molecule has 1 fully saturated rings. The smallest absolute Gasteiger partial charge is 0.0613 e. The fourth-order valence-corrected chi connectivity index (χ4v) is 3.10. The van der Waals surface area contributed by atoms with Crippen molar-refractivity contribution in [2.24, 2.45) is 0 Å². The molecule has 0 radical (unpaired) electrons. The van der Waals surface area contributed by atoms with Gasteiger partial charge in [-0.2, -0.15) is 0 Å². The minimum Gasteiger partial charge on any atom is -0.394 e. The van der Waals surface area contributed by atoms with Gasteiger partial charge < -0.3 is 15.2 Å². The molecular weight excluding hydrogens is 238 g/mol. The van der Waals surface area contributed by atoms with Gasteiger partial charge in [-0.25, -0.2) is 0 Å². The number of aliphatic hydroxyl groups is 1. The summed E-state index contributed by atoms with van der Waals surface area (Å²) in [6, 6.07) is 0. The van der Waals surface area contributed by atoms with E-state index in [1.165, 1.54) is 57.8 Å². The molecule has 1 rings (SSSR count). The van der Waals surface area contributed by atoms with Crippen LogP contribution in [-0.4, -0.2) is 37.5 Å². The van der Waals surface area contributed by atoms with E-state index in [9.17, 15) is 5.11 Å². The van der Waals surface area contributed by atoms with E-state index in [0.717, 1.165) is 26.0 Å². The first-order valence-corrected chi connectivity index (χ1v) is 8.18. The van der Waals surface area contributed by atoms with Gasteiger partial charge in [-0.3, -0.25) is 0 Å². The van der Waals surface area contributed by atoms with Crippen molar-refractivity contribution >= 4 is 0 Å². The molecule has 3 nitrogen and oxygen atoms in total. The number of ether oxygens (including phenoxy) is 1. The molecule has 0 saturated heterocycles. The number of hydrogen-bond donors (Lipinski definition) is 2. The van der Waals surface area contributed by atoms with Crippen LogP contribution in [0.25, 0.3) is 0 Å². The van der Waals surface area contributed by atoms with Crippen molar-refractivity contribution in [2.45, 2.75) is 76.2 Å². The van der Waals surface area contributed by atoms with Crippen LogP contribution in [0.1, 0.15) is 70.6 Å². The molecule has 0 amide bonds. The fraction of sp³-hybridized carbons (Fsp3) is 1.00. The van der Waals surface area contributed by atoms with Crippen LogP contribution >= 0.6 is 0 Å². The van der Waals surface area contributed by atoms with Crippen molar-refractivity contribution in [3.63, 3.8) is 0 Å².